The molecule has 6 nitrogen and oxygen atoms in total. The van der Waals surface area contributed by atoms with Gasteiger partial charge in [0.15, 0.2) is 15.6 Å². The standard InChI is InChI=1S/C23H30N2O4S/c1-18-7-5-6-10-22(18)30(27,28)17-20-11-12-21(29-20)23(26)25-15-13-24(14-16-25)19-8-3-2-4-9-19/h5-7,10-12,19H,2-4,8-9,13-17H2,1H3. The van der Waals surface area contributed by atoms with Gasteiger partial charge in [0.1, 0.15) is 11.5 Å². The van der Waals surface area contributed by atoms with E-state index in [9.17, 15) is 13.2 Å². The molecule has 1 aromatic heterocycles. The maximum absolute atomic E-state index is 12.8. The summed E-state index contributed by atoms with van der Waals surface area (Å²) in [4.78, 5) is 17.5. The summed E-state index contributed by atoms with van der Waals surface area (Å²) in [5.41, 5.74) is 0.705. The van der Waals surface area contributed by atoms with Crippen LogP contribution in [-0.4, -0.2) is 56.3 Å². The van der Waals surface area contributed by atoms with Crippen molar-refractivity contribution in [2.24, 2.45) is 0 Å². The van der Waals surface area contributed by atoms with Crippen LogP contribution in [0.5, 0.6) is 0 Å². The minimum atomic E-state index is -3.53. The number of hydrogen-bond donors (Lipinski definition) is 0. The van der Waals surface area contributed by atoms with E-state index in [1.54, 1.807) is 37.3 Å². The highest BCUT2D eigenvalue weighted by Gasteiger charge is 2.29. The molecule has 0 bridgehead atoms. The molecule has 1 aromatic carbocycles. The number of sulfone groups is 1. The number of carbonyl (C=O) groups excluding carboxylic acids is 1. The van der Waals surface area contributed by atoms with E-state index in [1.165, 1.54) is 32.1 Å². The first-order valence-electron chi connectivity index (χ1n) is 10.8. The maximum atomic E-state index is 12.8. The van der Waals surface area contributed by atoms with Gasteiger partial charge in [0.05, 0.1) is 4.90 Å². The van der Waals surface area contributed by atoms with E-state index >= 15 is 0 Å². The quantitative estimate of drug-likeness (QED) is 0.724. The van der Waals surface area contributed by atoms with Crippen LogP contribution in [0, 0.1) is 6.92 Å². The van der Waals surface area contributed by atoms with Gasteiger partial charge >= 0.3 is 0 Å². The van der Waals surface area contributed by atoms with Crippen LogP contribution < -0.4 is 0 Å². The van der Waals surface area contributed by atoms with Crippen LogP contribution in [0.25, 0.3) is 0 Å². The smallest absolute Gasteiger partial charge is 0.289 e. The Labute approximate surface area is 178 Å². The fourth-order valence-corrected chi connectivity index (χ4v) is 6.16. The van der Waals surface area contributed by atoms with Gasteiger partial charge in [-0.1, -0.05) is 37.5 Å². The van der Waals surface area contributed by atoms with E-state index in [-0.39, 0.29) is 17.4 Å². The van der Waals surface area contributed by atoms with Crippen LogP contribution in [0.15, 0.2) is 45.7 Å². The molecule has 2 aromatic rings. The summed E-state index contributed by atoms with van der Waals surface area (Å²) < 4.78 is 31.1. The van der Waals surface area contributed by atoms with Gasteiger partial charge in [-0.3, -0.25) is 9.69 Å². The molecule has 7 heteroatoms. The van der Waals surface area contributed by atoms with Crippen LogP contribution >= 0.6 is 0 Å². The molecule has 2 heterocycles. The normalized spacial score (nSPS) is 19.2. The lowest BCUT2D eigenvalue weighted by atomic mass is 9.94. The van der Waals surface area contributed by atoms with Crippen molar-refractivity contribution in [2.45, 2.75) is 55.7 Å². The third kappa shape index (κ3) is 4.62. The topological polar surface area (TPSA) is 70.8 Å². The number of aryl methyl sites for hydroxylation is 1. The number of amides is 1. The van der Waals surface area contributed by atoms with Gasteiger partial charge in [0.2, 0.25) is 0 Å². The molecule has 2 aliphatic rings. The lowest BCUT2D eigenvalue weighted by Crippen LogP contribution is -2.52. The monoisotopic (exact) mass is 430 g/mol. The van der Waals surface area contributed by atoms with Crippen molar-refractivity contribution < 1.29 is 17.6 Å². The lowest BCUT2D eigenvalue weighted by Gasteiger charge is -2.40. The Morgan fingerprint density at radius 3 is 2.40 bits per heavy atom. The highest BCUT2D eigenvalue weighted by molar-refractivity contribution is 7.90. The summed E-state index contributed by atoms with van der Waals surface area (Å²) >= 11 is 0. The van der Waals surface area contributed by atoms with Crippen LogP contribution in [0.2, 0.25) is 0 Å². The number of piperazine rings is 1. The van der Waals surface area contributed by atoms with Crippen molar-refractivity contribution in [1.29, 1.82) is 0 Å². The van der Waals surface area contributed by atoms with Gasteiger partial charge < -0.3 is 9.32 Å². The van der Waals surface area contributed by atoms with Gasteiger partial charge in [-0.05, 0) is 43.5 Å². The molecule has 0 spiro atoms. The lowest BCUT2D eigenvalue weighted by molar-refractivity contribution is 0.0496. The molecule has 0 atom stereocenters. The Morgan fingerprint density at radius 2 is 1.70 bits per heavy atom. The first-order chi connectivity index (χ1) is 14.4. The van der Waals surface area contributed by atoms with Crippen molar-refractivity contribution in [3.63, 3.8) is 0 Å². The van der Waals surface area contributed by atoms with Crippen molar-refractivity contribution in [3.05, 3.63) is 53.5 Å². The predicted octanol–water partition coefficient (Wildman–Crippen LogP) is 3.65. The Kier molecular flexibility index (Phi) is 6.29. The molecule has 1 aliphatic heterocycles. The molecule has 4 rings (SSSR count). The summed E-state index contributed by atoms with van der Waals surface area (Å²) in [6.07, 6.45) is 6.50. The van der Waals surface area contributed by atoms with Gasteiger partial charge in [0.25, 0.3) is 5.91 Å². The molecular formula is C23H30N2O4S. The van der Waals surface area contributed by atoms with Gasteiger partial charge in [-0.15, -0.1) is 0 Å². The second kappa shape index (κ2) is 8.94. The third-order valence-corrected chi connectivity index (χ3v) is 8.12. The van der Waals surface area contributed by atoms with Crippen LogP contribution in [0.3, 0.4) is 0 Å². The Balaban J connectivity index is 1.37. The first-order valence-corrected chi connectivity index (χ1v) is 12.5. The Morgan fingerprint density at radius 1 is 1.00 bits per heavy atom. The van der Waals surface area contributed by atoms with Crippen molar-refractivity contribution in [3.8, 4) is 0 Å². The van der Waals surface area contributed by atoms with E-state index in [0.717, 1.165) is 13.1 Å². The zero-order chi connectivity index (χ0) is 21.1. The number of furan rings is 1. The number of nitrogens with zero attached hydrogens (tertiary/aromatic N) is 2. The van der Waals surface area contributed by atoms with Crippen LogP contribution in [-0.2, 0) is 15.6 Å². The van der Waals surface area contributed by atoms with Gasteiger partial charge in [-0.2, -0.15) is 0 Å². The second-order valence-corrected chi connectivity index (χ2v) is 10.4. The average molecular weight is 431 g/mol. The summed E-state index contributed by atoms with van der Waals surface area (Å²) in [5, 5.41) is 0. The fourth-order valence-electron chi connectivity index (χ4n) is 4.63. The molecular weight excluding hydrogens is 400 g/mol. The minimum absolute atomic E-state index is 0.155. The van der Waals surface area contributed by atoms with Crippen LogP contribution in [0.4, 0.5) is 0 Å². The van der Waals surface area contributed by atoms with E-state index in [4.69, 9.17) is 4.42 Å². The molecule has 0 unspecified atom stereocenters. The number of benzene rings is 1. The first kappa shape index (κ1) is 21.1. The number of rotatable bonds is 5. The van der Waals surface area contributed by atoms with E-state index in [0.29, 0.717) is 35.4 Å². The molecule has 1 saturated carbocycles. The summed E-state index contributed by atoms with van der Waals surface area (Å²) in [5.74, 6) is 0.108. The largest absolute Gasteiger partial charge is 0.455 e. The van der Waals surface area contributed by atoms with Gasteiger partial charge in [0, 0.05) is 32.2 Å². The van der Waals surface area contributed by atoms with Crippen molar-refractivity contribution in [2.75, 3.05) is 26.2 Å². The van der Waals surface area contributed by atoms with Crippen molar-refractivity contribution >= 4 is 15.7 Å². The summed E-state index contributed by atoms with van der Waals surface area (Å²) in [6, 6.07) is 10.8. The number of hydrogen-bond acceptors (Lipinski definition) is 5. The second-order valence-electron chi connectivity index (χ2n) is 8.41. The fraction of sp³-hybridized carbons (Fsp3) is 0.522. The molecule has 2 fully saturated rings. The number of carbonyl (C=O) groups is 1. The summed E-state index contributed by atoms with van der Waals surface area (Å²) in [7, 11) is -3.53. The van der Waals surface area contributed by atoms with E-state index < -0.39 is 9.84 Å². The van der Waals surface area contributed by atoms with Crippen LogP contribution in [0.1, 0.15) is 54.0 Å². The molecule has 1 amide bonds. The molecule has 1 saturated heterocycles. The zero-order valence-electron chi connectivity index (χ0n) is 17.5. The maximum Gasteiger partial charge on any atom is 0.289 e. The van der Waals surface area contributed by atoms with E-state index in [1.807, 2.05) is 11.0 Å². The van der Waals surface area contributed by atoms with E-state index in [2.05, 4.69) is 4.90 Å². The highest BCUT2D eigenvalue weighted by Crippen LogP contribution is 2.25. The Bertz CT molecular complexity index is 984. The molecule has 0 N–H and O–H groups in total. The molecule has 0 radical (unpaired) electrons. The third-order valence-electron chi connectivity index (χ3n) is 6.33. The SMILES string of the molecule is Cc1ccccc1S(=O)(=O)Cc1ccc(C(=O)N2CCN(C3CCCCC3)CC2)o1. The Hall–Kier alpha value is -2.12. The zero-order valence-corrected chi connectivity index (χ0v) is 18.4. The predicted molar refractivity (Wildman–Crippen MR) is 115 cm³/mol. The van der Waals surface area contributed by atoms with Crippen molar-refractivity contribution in [1.82, 2.24) is 9.80 Å². The summed E-state index contributed by atoms with van der Waals surface area (Å²) in [6.45, 7) is 4.94. The molecule has 1 aliphatic carbocycles. The minimum Gasteiger partial charge on any atom is -0.455 e. The average Bonchev–Trinajstić information content (AvgIpc) is 3.22. The highest BCUT2D eigenvalue weighted by atomic mass is 32.2. The molecule has 30 heavy (non-hydrogen) atoms. The molecule has 162 valence electrons. The van der Waals surface area contributed by atoms with Gasteiger partial charge in [-0.25, -0.2) is 8.42 Å².